The smallest absolute Gasteiger partial charge is 0.229 e. The molecule has 0 spiro atoms. The highest BCUT2D eigenvalue weighted by Gasteiger charge is 2.29. The lowest BCUT2D eigenvalue weighted by atomic mass is 10.1. The average Bonchev–Trinajstić information content (AvgIpc) is 3.05. The molecule has 2 rings (SSSR count). The molecular formula is C17H31N5O2. The first-order valence-electron chi connectivity index (χ1n) is 9.13. The molecule has 2 amide bonds. The molecule has 0 bridgehead atoms. The summed E-state index contributed by atoms with van der Waals surface area (Å²) >= 11 is 0. The molecule has 1 atom stereocenters. The van der Waals surface area contributed by atoms with Crippen LogP contribution in [0.5, 0.6) is 0 Å². The number of nitrogens with zero attached hydrogens (tertiary/aromatic N) is 4. The Morgan fingerprint density at radius 2 is 1.92 bits per heavy atom. The Balaban J connectivity index is 1.81. The third kappa shape index (κ3) is 4.47. The Morgan fingerprint density at radius 1 is 1.25 bits per heavy atom. The zero-order chi connectivity index (χ0) is 17.5. The van der Waals surface area contributed by atoms with E-state index in [1.807, 2.05) is 0 Å². The lowest BCUT2D eigenvalue weighted by molar-refractivity contribution is -0.147. The number of likely N-dealkylation sites (N-methyl/N-ethyl adjacent to an activating group) is 1. The molecule has 0 radical (unpaired) electrons. The standard InChI is InChI=1S/C17H31N5O2/c1-4-20(5-2)14-9-11-21(13-14)17(18-3)19-10-12-22-15(23)7-6-8-16(22)24/h14H,4-13H2,1-3H3,(H,18,19). The summed E-state index contributed by atoms with van der Waals surface area (Å²) in [7, 11) is 1.78. The van der Waals surface area contributed by atoms with E-state index in [0.717, 1.165) is 38.6 Å². The van der Waals surface area contributed by atoms with E-state index in [9.17, 15) is 9.59 Å². The molecule has 2 fully saturated rings. The molecule has 7 nitrogen and oxygen atoms in total. The van der Waals surface area contributed by atoms with Crippen molar-refractivity contribution in [3.05, 3.63) is 0 Å². The minimum Gasteiger partial charge on any atom is -0.354 e. The third-order valence-corrected chi connectivity index (χ3v) is 5.01. The van der Waals surface area contributed by atoms with Crippen LogP contribution < -0.4 is 5.32 Å². The molecule has 2 aliphatic heterocycles. The Hall–Kier alpha value is -1.63. The van der Waals surface area contributed by atoms with Crippen LogP contribution in [0.4, 0.5) is 0 Å². The number of carbonyl (C=O) groups is 2. The largest absolute Gasteiger partial charge is 0.354 e. The molecule has 24 heavy (non-hydrogen) atoms. The summed E-state index contributed by atoms with van der Waals surface area (Å²) in [5, 5.41) is 3.31. The van der Waals surface area contributed by atoms with Gasteiger partial charge in [0.2, 0.25) is 11.8 Å². The van der Waals surface area contributed by atoms with Crippen molar-refractivity contribution in [2.75, 3.05) is 46.3 Å². The second kappa shape index (κ2) is 9.01. The molecule has 0 aromatic rings. The quantitative estimate of drug-likeness (QED) is 0.435. The topological polar surface area (TPSA) is 68.2 Å². The lowest BCUT2D eigenvalue weighted by Crippen LogP contribution is -2.47. The van der Waals surface area contributed by atoms with Crippen molar-refractivity contribution in [2.45, 2.75) is 45.6 Å². The van der Waals surface area contributed by atoms with Gasteiger partial charge in [-0.1, -0.05) is 13.8 Å². The summed E-state index contributed by atoms with van der Waals surface area (Å²) in [5.41, 5.74) is 0. The van der Waals surface area contributed by atoms with Gasteiger partial charge in [0.1, 0.15) is 0 Å². The normalized spacial score (nSPS) is 22.7. The van der Waals surface area contributed by atoms with Crippen molar-refractivity contribution in [3.8, 4) is 0 Å². The number of amides is 2. The first kappa shape index (κ1) is 18.7. The van der Waals surface area contributed by atoms with Gasteiger partial charge >= 0.3 is 0 Å². The zero-order valence-corrected chi connectivity index (χ0v) is 15.3. The van der Waals surface area contributed by atoms with Gasteiger partial charge in [0.05, 0.1) is 0 Å². The summed E-state index contributed by atoms with van der Waals surface area (Å²) in [5.74, 6) is 0.762. The number of carbonyl (C=O) groups excluding carboxylic acids is 2. The summed E-state index contributed by atoms with van der Waals surface area (Å²) < 4.78 is 0. The van der Waals surface area contributed by atoms with E-state index in [2.05, 4.69) is 34.0 Å². The third-order valence-electron chi connectivity index (χ3n) is 5.01. The number of aliphatic imine (C=N–C) groups is 1. The van der Waals surface area contributed by atoms with Crippen LogP contribution in [0.1, 0.15) is 39.5 Å². The highest BCUT2D eigenvalue weighted by molar-refractivity contribution is 5.97. The van der Waals surface area contributed by atoms with Crippen molar-refractivity contribution in [1.29, 1.82) is 0 Å². The van der Waals surface area contributed by atoms with Gasteiger partial charge in [-0.05, 0) is 25.9 Å². The van der Waals surface area contributed by atoms with Crippen LogP contribution in [0.2, 0.25) is 0 Å². The van der Waals surface area contributed by atoms with Crippen LogP contribution in [-0.4, -0.2) is 84.8 Å². The van der Waals surface area contributed by atoms with E-state index in [1.54, 1.807) is 7.05 Å². The van der Waals surface area contributed by atoms with Crippen LogP contribution in [-0.2, 0) is 9.59 Å². The van der Waals surface area contributed by atoms with E-state index >= 15 is 0 Å². The Morgan fingerprint density at radius 3 is 2.50 bits per heavy atom. The van der Waals surface area contributed by atoms with Gasteiger partial charge in [-0.2, -0.15) is 0 Å². The number of rotatable bonds is 6. The second-order valence-electron chi connectivity index (χ2n) is 6.38. The average molecular weight is 337 g/mol. The molecule has 136 valence electrons. The highest BCUT2D eigenvalue weighted by Crippen LogP contribution is 2.15. The highest BCUT2D eigenvalue weighted by atomic mass is 16.2. The van der Waals surface area contributed by atoms with Crippen LogP contribution in [0.25, 0.3) is 0 Å². The van der Waals surface area contributed by atoms with Gasteiger partial charge in [0, 0.05) is 52.1 Å². The molecular weight excluding hydrogens is 306 g/mol. The van der Waals surface area contributed by atoms with Crippen molar-refractivity contribution < 1.29 is 9.59 Å². The van der Waals surface area contributed by atoms with Crippen LogP contribution in [0.3, 0.4) is 0 Å². The molecule has 2 heterocycles. The van der Waals surface area contributed by atoms with E-state index < -0.39 is 0 Å². The maximum absolute atomic E-state index is 11.8. The summed E-state index contributed by atoms with van der Waals surface area (Å²) in [6.45, 7) is 9.48. The summed E-state index contributed by atoms with van der Waals surface area (Å²) in [4.78, 5) is 34.1. The summed E-state index contributed by atoms with van der Waals surface area (Å²) in [6, 6.07) is 0.573. The zero-order valence-electron chi connectivity index (χ0n) is 15.3. The number of imide groups is 1. The number of likely N-dealkylation sites (tertiary alicyclic amines) is 2. The number of nitrogens with one attached hydrogen (secondary N) is 1. The molecule has 1 unspecified atom stereocenters. The van der Waals surface area contributed by atoms with Crippen molar-refractivity contribution in [2.24, 2.45) is 4.99 Å². The Bertz CT molecular complexity index is 460. The van der Waals surface area contributed by atoms with E-state index in [0.29, 0.717) is 38.4 Å². The van der Waals surface area contributed by atoms with Gasteiger partial charge in [-0.3, -0.25) is 24.4 Å². The number of piperidine rings is 1. The molecule has 0 aromatic carbocycles. The molecule has 2 saturated heterocycles. The number of hydrogen-bond donors (Lipinski definition) is 1. The van der Waals surface area contributed by atoms with Gasteiger partial charge in [0.25, 0.3) is 0 Å². The molecule has 2 aliphatic rings. The SMILES string of the molecule is CCN(CC)C1CCN(C(=NC)NCCN2C(=O)CCCC2=O)C1. The van der Waals surface area contributed by atoms with Crippen molar-refractivity contribution in [1.82, 2.24) is 20.0 Å². The fourth-order valence-electron chi connectivity index (χ4n) is 3.63. The first-order valence-corrected chi connectivity index (χ1v) is 9.13. The predicted octanol–water partition coefficient (Wildman–Crippen LogP) is 0.517. The fraction of sp³-hybridized carbons (Fsp3) is 0.824. The minimum absolute atomic E-state index is 0.0502. The molecule has 0 saturated carbocycles. The maximum atomic E-state index is 11.8. The Kier molecular flexibility index (Phi) is 7.02. The molecule has 7 heteroatoms. The van der Waals surface area contributed by atoms with Crippen molar-refractivity contribution >= 4 is 17.8 Å². The van der Waals surface area contributed by atoms with Crippen LogP contribution in [0.15, 0.2) is 4.99 Å². The number of hydrogen-bond acceptors (Lipinski definition) is 4. The lowest BCUT2D eigenvalue weighted by Gasteiger charge is -2.28. The van der Waals surface area contributed by atoms with E-state index in [1.165, 1.54) is 4.90 Å². The predicted molar refractivity (Wildman–Crippen MR) is 94.8 cm³/mol. The minimum atomic E-state index is -0.0502. The second-order valence-corrected chi connectivity index (χ2v) is 6.38. The maximum Gasteiger partial charge on any atom is 0.229 e. The van der Waals surface area contributed by atoms with Gasteiger partial charge in [-0.15, -0.1) is 0 Å². The molecule has 1 N–H and O–H groups in total. The molecule has 0 aromatic heterocycles. The van der Waals surface area contributed by atoms with E-state index in [-0.39, 0.29) is 11.8 Å². The first-order chi connectivity index (χ1) is 11.6. The number of guanidine groups is 1. The van der Waals surface area contributed by atoms with Crippen molar-refractivity contribution in [3.63, 3.8) is 0 Å². The van der Waals surface area contributed by atoms with Crippen LogP contribution in [0, 0.1) is 0 Å². The Labute approximate surface area is 145 Å². The van der Waals surface area contributed by atoms with Gasteiger partial charge < -0.3 is 10.2 Å². The van der Waals surface area contributed by atoms with Gasteiger partial charge in [0.15, 0.2) is 5.96 Å². The monoisotopic (exact) mass is 337 g/mol. The van der Waals surface area contributed by atoms with E-state index in [4.69, 9.17) is 0 Å². The summed E-state index contributed by atoms with van der Waals surface area (Å²) in [6.07, 6.45) is 2.80. The molecule has 0 aliphatic carbocycles. The van der Waals surface area contributed by atoms with Gasteiger partial charge in [-0.25, -0.2) is 0 Å². The van der Waals surface area contributed by atoms with Crippen LogP contribution >= 0.6 is 0 Å². The fourth-order valence-corrected chi connectivity index (χ4v) is 3.63.